The molecule has 0 saturated carbocycles. The van der Waals surface area contributed by atoms with Gasteiger partial charge in [-0.2, -0.15) is 0 Å². The van der Waals surface area contributed by atoms with Gasteiger partial charge in [-0.1, -0.05) is 64.7 Å². The first-order valence-corrected chi connectivity index (χ1v) is 14.0. The van der Waals surface area contributed by atoms with E-state index in [1.165, 1.54) is 64.7 Å². The summed E-state index contributed by atoms with van der Waals surface area (Å²) < 4.78 is 58.5. The molecule has 0 aliphatic carbocycles. The van der Waals surface area contributed by atoms with E-state index in [0.29, 0.717) is 19.8 Å². The van der Waals surface area contributed by atoms with Crippen LogP contribution in [0.1, 0.15) is 98.8 Å². The molecule has 0 bridgehead atoms. The molecule has 0 N–H and O–H groups in total. The van der Waals surface area contributed by atoms with E-state index >= 15 is 0 Å². The molecular weight excluding hydrogens is 471 g/mol. The molecule has 0 amide bonds. The summed E-state index contributed by atoms with van der Waals surface area (Å²) in [6, 6.07) is 0. The second-order valence-corrected chi connectivity index (χ2v) is 10.0. The van der Waals surface area contributed by atoms with E-state index < -0.39 is 16.5 Å². The van der Waals surface area contributed by atoms with Crippen LogP contribution in [0.3, 0.4) is 0 Å². The topological polar surface area (TPSA) is 103 Å². The van der Waals surface area contributed by atoms with Crippen LogP contribution in [0.4, 0.5) is 0 Å². The zero-order valence-corrected chi connectivity index (χ0v) is 25.4. The summed E-state index contributed by atoms with van der Waals surface area (Å²) in [7, 11) is -4.72. The smallest absolute Gasteiger partial charge is 0.726 e. The standard InChI is InChI=1S/C24H50O8S.Na/c1-6-7-8-9-10-11-12-13-14-15-16-28-17-21(2)29-18-22(3)30-19-23(4)31-20-24(5)32-33(25,26)27;/h21-24H,6-20H2,1-5H3,(H,25,26,27);/q;+1/p-1. The molecule has 34 heavy (non-hydrogen) atoms. The van der Waals surface area contributed by atoms with Gasteiger partial charge in [-0.05, 0) is 34.1 Å². The number of unbranched alkanes of at least 4 members (excludes halogenated alkanes) is 9. The summed E-state index contributed by atoms with van der Waals surface area (Å²) >= 11 is 0. The van der Waals surface area contributed by atoms with Gasteiger partial charge in [0.1, 0.15) is 0 Å². The Bertz CT molecular complexity index is 535. The number of hydrogen-bond donors (Lipinski definition) is 0. The molecule has 0 fully saturated rings. The largest absolute Gasteiger partial charge is 1.00 e. The van der Waals surface area contributed by atoms with Gasteiger partial charge < -0.3 is 23.5 Å². The maximum atomic E-state index is 10.5. The van der Waals surface area contributed by atoms with Gasteiger partial charge in [0.15, 0.2) is 0 Å². The number of ether oxygens (including phenoxy) is 4. The van der Waals surface area contributed by atoms with Crippen LogP contribution in [0, 0.1) is 0 Å². The van der Waals surface area contributed by atoms with Crippen molar-refractivity contribution in [3.63, 3.8) is 0 Å². The molecule has 0 aromatic rings. The fraction of sp³-hybridized carbons (Fsp3) is 1.00. The third kappa shape index (κ3) is 27.3. The van der Waals surface area contributed by atoms with Crippen molar-refractivity contribution in [1.29, 1.82) is 0 Å². The quantitative estimate of drug-likeness (QED) is 0.0824. The van der Waals surface area contributed by atoms with Gasteiger partial charge in [0.2, 0.25) is 10.4 Å². The fourth-order valence-electron chi connectivity index (χ4n) is 3.21. The molecule has 4 atom stereocenters. The normalized spacial score (nSPS) is 15.5. The molecule has 0 heterocycles. The third-order valence-corrected chi connectivity index (χ3v) is 5.69. The van der Waals surface area contributed by atoms with Crippen LogP contribution in [0.2, 0.25) is 0 Å². The van der Waals surface area contributed by atoms with E-state index in [9.17, 15) is 13.0 Å². The van der Waals surface area contributed by atoms with Crippen LogP contribution < -0.4 is 29.6 Å². The number of hydrogen-bond acceptors (Lipinski definition) is 8. The van der Waals surface area contributed by atoms with E-state index in [1.54, 1.807) is 6.92 Å². The molecule has 200 valence electrons. The molecule has 4 unspecified atom stereocenters. The molecule has 0 aliphatic rings. The minimum Gasteiger partial charge on any atom is -0.726 e. The monoisotopic (exact) mass is 520 g/mol. The summed E-state index contributed by atoms with van der Waals surface area (Å²) in [6.45, 7) is 11.5. The van der Waals surface area contributed by atoms with E-state index in [2.05, 4.69) is 11.1 Å². The molecule has 10 heteroatoms. The van der Waals surface area contributed by atoms with Crippen molar-refractivity contribution >= 4 is 10.4 Å². The molecule has 0 rings (SSSR count). The van der Waals surface area contributed by atoms with Crippen molar-refractivity contribution in [3.05, 3.63) is 0 Å². The Kier molecular flexibility index (Phi) is 26.1. The molecule has 0 spiro atoms. The van der Waals surface area contributed by atoms with Crippen molar-refractivity contribution in [2.75, 3.05) is 33.0 Å². The van der Waals surface area contributed by atoms with E-state index in [1.807, 2.05) is 13.8 Å². The average molecular weight is 521 g/mol. The van der Waals surface area contributed by atoms with Crippen molar-refractivity contribution < 1.29 is 65.7 Å². The van der Waals surface area contributed by atoms with E-state index in [-0.39, 0.29) is 54.5 Å². The molecule has 0 aliphatic heterocycles. The second kappa shape index (κ2) is 24.1. The Labute approximate surface area is 231 Å². The Morgan fingerprint density at radius 3 is 1.44 bits per heavy atom. The first kappa shape index (κ1) is 36.9. The molecule has 0 aromatic heterocycles. The predicted molar refractivity (Wildman–Crippen MR) is 129 cm³/mol. The van der Waals surface area contributed by atoms with Crippen molar-refractivity contribution in [3.8, 4) is 0 Å². The predicted octanol–water partition coefficient (Wildman–Crippen LogP) is 2.01. The molecular formula is C24H49NaO8S. The molecule has 8 nitrogen and oxygen atoms in total. The van der Waals surface area contributed by atoms with Crippen molar-refractivity contribution in [2.24, 2.45) is 0 Å². The van der Waals surface area contributed by atoms with Gasteiger partial charge in [0.05, 0.1) is 50.8 Å². The SMILES string of the molecule is CCCCCCCCCCCCOCC(C)OCC(C)OCC(C)OCC(C)OS(=O)(=O)[O-].[Na+]. The third-order valence-electron chi connectivity index (χ3n) is 5.12. The van der Waals surface area contributed by atoms with Gasteiger partial charge >= 0.3 is 29.6 Å². The maximum absolute atomic E-state index is 10.5. The summed E-state index contributed by atoms with van der Waals surface area (Å²) in [6.07, 6.45) is 11.9. The summed E-state index contributed by atoms with van der Waals surface area (Å²) in [5.41, 5.74) is 0. The van der Waals surface area contributed by atoms with E-state index in [4.69, 9.17) is 18.9 Å². The van der Waals surface area contributed by atoms with Gasteiger partial charge in [0.25, 0.3) is 0 Å². The van der Waals surface area contributed by atoms with Gasteiger partial charge in [-0.25, -0.2) is 8.42 Å². The van der Waals surface area contributed by atoms with Crippen molar-refractivity contribution in [1.82, 2.24) is 0 Å². The zero-order valence-electron chi connectivity index (χ0n) is 22.6. The van der Waals surface area contributed by atoms with E-state index in [0.717, 1.165) is 13.0 Å². The van der Waals surface area contributed by atoms with Crippen molar-refractivity contribution in [2.45, 2.75) is 123 Å². The van der Waals surface area contributed by atoms with Crippen LogP contribution in [-0.4, -0.2) is 70.4 Å². The van der Waals surface area contributed by atoms with Gasteiger partial charge in [0, 0.05) is 6.61 Å². The minimum absolute atomic E-state index is 0. The Hall–Kier alpha value is 0.710. The molecule has 0 aromatic carbocycles. The summed E-state index contributed by atoms with van der Waals surface area (Å²) in [4.78, 5) is 0. The van der Waals surface area contributed by atoms with Crippen LogP contribution in [0.15, 0.2) is 0 Å². The first-order valence-electron chi connectivity index (χ1n) is 12.7. The Balaban J connectivity index is 0. The molecule has 0 saturated heterocycles. The Morgan fingerprint density at radius 2 is 1.00 bits per heavy atom. The van der Waals surface area contributed by atoms with Gasteiger partial charge in [-0.15, -0.1) is 0 Å². The van der Waals surface area contributed by atoms with Crippen LogP contribution in [0.5, 0.6) is 0 Å². The summed E-state index contributed by atoms with van der Waals surface area (Å²) in [5.74, 6) is 0. The van der Waals surface area contributed by atoms with Crippen LogP contribution in [0.25, 0.3) is 0 Å². The molecule has 0 radical (unpaired) electrons. The maximum Gasteiger partial charge on any atom is 1.00 e. The zero-order chi connectivity index (χ0) is 25.0. The second-order valence-electron chi connectivity index (χ2n) is 9.00. The average Bonchev–Trinajstić information content (AvgIpc) is 2.74. The van der Waals surface area contributed by atoms with Crippen LogP contribution >= 0.6 is 0 Å². The minimum atomic E-state index is -4.72. The summed E-state index contributed by atoms with van der Waals surface area (Å²) in [5, 5.41) is 0. The fourth-order valence-corrected chi connectivity index (χ4v) is 3.67. The Morgan fingerprint density at radius 1 is 0.618 bits per heavy atom. The van der Waals surface area contributed by atoms with Crippen LogP contribution in [-0.2, 0) is 33.5 Å². The first-order chi connectivity index (χ1) is 15.6. The number of rotatable bonds is 24. The van der Waals surface area contributed by atoms with Gasteiger partial charge in [-0.3, -0.25) is 4.18 Å².